The molecule has 2 aromatic carbocycles. The van der Waals surface area contributed by atoms with Crippen LogP contribution in [0.25, 0.3) is 0 Å². The Bertz CT molecular complexity index is 552. The van der Waals surface area contributed by atoms with Crippen molar-refractivity contribution in [3.8, 4) is 0 Å². The van der Waals surface area contributed by atoms with Crippen molar-refractivity contribution >= 4 is 5.91 Å². The smallest absolute Gasteiger partial charge is 0.251 e. The Labute approximate surface area is 113 Å². The second-order valence-electron chi connectivity index (χ2n) is 4.54. The summed E-state index contributed by atoms with van der Waals surface area (Å²) in [7, 11) is 0. The average Bonchev–Trinajstić information content (AvgIpc) is 2.45. The number of carbonyl (C=O) groups is 1. The molecule has 2 rings (SSSR count). The molecule has 1 amide bonds. The fraction of sp³-hybridized carbons (Fsp3) is 0.188. The van der Waals surface area contributed by atoms with Gasteiger partial charge in [0.25, 0.3) is 5.91 Å². The Kier molecular flexibility index (Phi) is 4.31. The predicted molar refractivity (Wildman–Crippen MR) is 76.9 cm³/mol. The fourth-order valence-electron chi connectivity index (χ4n) is 1.99. The lowest BCUT2D eigenvalue weighted by atomic mass is 10.1. The van der Waals surface area contributed by atoms with Gasteiger partial charge in [0.05, 0.1) is 6.04 Å². The molecule has 3 heteroatoms. The Balaban J connectivity index is 2.13. The first kappa shape index (κ1) is 13.3. The van der Waals surface area contributed by atoms with Crippen molar-refractivity contribution in [1.29, 1.82) is 0 Å². The van der Waals surface area contributed by atoms with Crippen LogP contribution in [0, 0.1) is 6.92 Å². The van der Waals surface area contributed by atoms with E-state index in [-0.39, 0.29) is 11.9 Å². The molecule has 0 bridgehead atoms. The number of carbonyl (C=O) groups excluding carboxylic acids is 1. The number of aryl methyl sites for hydroxylation is 1. The van der Waals surface area contributed by atoms with Gasteiger partial charge < -0.3 is 11.1 Å². The van der Waals surface area contributed by atoms with Gasteiger partial charge in [-0.2, -0.15) is 0 Å². The van der Waals surface area contributed by atoms with E-state index in [1.54, 1.807) is 6.07 Å². The molecule has 19 heavy (non-hydrogen) atoms. The second-order valence-corrected chi connectivity index (χ2v) is 4.54. The third kappa shape index (κ3) is 3.42. The number of hydrogen-bond donors (Lipinski definition) is 2. The van der Waals surface area contributed by atoms with Crippen LogP contribution < -0.4 is 11.1 Å². The largest absolute Gasteiger partial charge is 0.344 e. The van der Waals surface area contributed by atoms with E-state index in [4.69, 9.17) is 5.73 Å². The molecule has 0 spiro atoms. The maximum atomic E-state index is 12.2. The summed E-state index contributed by atoms with van der Waals surface area (Å²) in [5.74, 6) is -0.0944. The molecule has 0 aliphatic carbocycles. The summed E-state index contributed by atoms with van der Waals surface area (Å²) in [5.41, 5.74) is 8.49. The standard InChI is InChI=1S/C16H18N2O/c1-12-6-5-9-14(10-12)16(19)18-15(11-17)13-7-3-2-4-8-13/h2-10,15H,11,17H2,1H3,(H,18,19)/t15-/m0/s1. The van der Waals surface area contributed by atoms with Crippen LogP contribution in [0.3, 0.4) is 0 Å². The molecule has 3 N–H and O–H groups in total. The molecule has 0 aliphatic heterocycles. The van der Waals surface area contributed by atoms with Gasteiger partial charge in [-0.1, -0.05) is 48.0 Å². The minimum atomic E-state index is -0.158. The molecule has 0 fully saturated rings. The Morgan fingerprint density at radius 1 is 1.16 bits per heavy atom. The predicted octanol–water partition coefficient (Wildman–Crippen LogP) is 2.42. The van der Waals surface area contributed by atoms with E-state index in [0.717, 1.165) is 11.1 Å². The second kappa shape index (κ2) is 6.16. The van der Waals surface area contributed by atoms with Crippen molar-refractivity contribution in [2.45, 2.75) is 13.0 Å². The number of hydrogen-bond acceptors (Lipinski definition) is 2. The first-order valence-electron chi connectivity index (χ1n) is 6.33. The van der Waals surface area contributed by atoms with Crippen LogP contribution in [-0.4, -0.2) is 12.5 Å². The van der Waals surface area contributed by atoms with Crippen LogP contribution >= 0.6 is 0 Å². The molecule has 2 aromatic rings. The van der Waals surface area contributed by atoms with Crippen molar-refractivity contribution in [2.75, 3.05) is 6.54 Å². The van der Waals surface area contributed by atoms with E-state index < -0.39 is 0 Å². The van der Waals surface area contributed by atoms with E-state index >= 15 is 0 Å². The summed E-state index contributed by atoms with van der Waals surface area (Å²) in [6.07, 6.45) is 0. The highest BCUT2D eigenvalue weighted by atomic mass is 16.1. The van der Waals surface area contributed by atoms with Crippen molar-refractivity contribution in [2.24, 2.45) is 5.73 Å². The highest BCUT2D eigenvalue weighted by Gasteiger charge is 2.13. The Hall–Kier alpha value is -2.13. The summed E-state index contributed by atoms with van der Waals surface area (Å²) in [6, 6.07) is 17.1. The summed E-state index contributed by atoms with van der Waals surface area (Å²) in [5, 5.41) is 2.96. The van der Waals surface area contributed by atoms with E-state index in [0.29, 0.717) is 12.1 Å². The normalized spacial score (nSPS) is 11.9. The minimum Gasteiger partial charge on any atom is -0.344 e. The van der Waals surface area contributed by atoms with Crippen LogP contribution in [0.2, 0.25) is 0 Å². The zero-order chi connectivity index (χ0) is 13.7. The number of nitrogens with two attached hydrogens (primary N) is 1. The molecule has 0 saturated heterocycles. The molecule has 3 nitrogen and oxygen atoms in total. The molecular formula is C16H18N2O. The molecule has 0 aliphatic rings. The van der Waals surface area contributed by atoms with Gasteiger partial charge in [-0.05, 0) is 24.6 Å². The van der Waals surface area contributed by atoms with Gasteiger partial charge in [-0.15, -0.1) is 0 Å². The minimum absolute atomic E-state index is 0.0944. The van der Waals surface area contributed by atoms with Crippen LogP contribution in [0.5, 0.6) is 0 Å². The van der Waals surface area contributed by atoms with Gasteiger partial charge >= 0.3 is 0 Å². The number of amides is 1. The topological polar surface area (TPSA) is 55.1 Å². The van der Waals surface area contributed by atoms with Gasteiger partial charge in [0.15, 0.2) is 0 Å². The monoisotopic (exact) mass is 254 g/mol. The fourth-order valence-corrected chi connectivity index (χ4v) is 1.99. The molecule has 0 aromatic heterocycles. The lowest BCUT2D eigenvalue weighted by molar-refractivity contribution is 0.0937. The summed E-state index contributed by atoms with van der Waals surface area (Å²) >= 11 is 0. The van der Waals surface area contributed by atoms with Crippen LogP contribution in [0.4, 0.5) is 0 Å². The van der Waals surface area contributed by atoms with Crippen molar-refractivity contribution in [1.82, 2.24) is 5.32 Å². The summed E-state index contributed by atoms with van der Waals surface area (Å²) in [6.45, 7) is 2.34. The maximum Gasteiger partial charge on any atom is 0.251 e. The van der Waals surface area contributed by atoms with Gasteiger partial charge in [0, 0.05) is 12.1 Å². The highest BCUT2D eigenvalue weighted by molar-refractivity contribution is 5.94. The molecule has 98 valence electrons. The zero-order valence-electron chi connectivity index (χ0n) is 11.0. The van der Waals surface area contributed by atoms with Crippen molar-refractivity contribution in [3.63, 3.8) is 0 Å². The third-order valence-electron chi connectivity index (χ3n) is 3.02. The first-order chi connectivity index (χ1) is 9.20. The summed E-state index contributed by atoms with van der Waals surface area (Å²) < 4.78 is 0. The highest BCUT2D eigenvalue weighted by Crippen LogP contribution is 2.12. The number of rotatable bonds is 4. The Morgan fingerprint density at radius 2 is 1.89 bits per heavy atom. The van der Waals surface area contributed by atoms with E-state index in [1.165, 1.54) is 0 Å². The van der Waals surface area contributed by atoms with E-state index in [2.05, 4.69) is 5.32 Å². The molecule has 0 heterocycles. The zero-order valence-corrected chi connectivity index (χ0v) is 11.0. The van der Waals surface area contributed by atoms with Gasteiger partial charge in [0.1, 0.15) is 0 Å². The Morgan fingerprint density at radius 3 is 2.53 bits per heavy atom. The van der Waals surface area contributed by atoms with Crippen LogP contribution in [0.1, 0.15) is 27.5 Å². The van der Waals surface area contributed by atoms with Gasteiger partial charge in [-0.25, -0.2) is 0 Å². The van der Waals surface area contributed by atoms with Gasteiger partial charge in [0.2, 0.25) is 0 Å². The summed E-state index contributed by atoms with van der Waals surface area (Å²) in [4.78, 5) is 12.2. The SMILES string of the molecule is Cc1cccc(C(=O)N[C@@H](CN)c2ccccc2)c1. The van der Waals surface area contributed by atoms with Gasteiger partial charge in [-0.3, -0.25) is 4.79 Å². The first-order valence-corrected chi connectivity index (χ1v) is 6.33. The lowest BCUT2D eigenvalue weighted by Crippen LogP contribution is -2.33. The van der Waals surface area contributed by atoms with E-state index in [1.807, 2.05) is 55.5 Å². The molecule has 1 atom stereocenters. The molecule has 0 unspecified atom stereocenters. The van der Waals surface area contributed by atoms with E-state index in [9.17, 15) is 4.79 Å². The molecule has 0 saturated carbocycles. The van der Waals surface area contributed by atoms with Crippen LogP contribution in [0.15, 0.2) is 54.6 Å². The van der Waals surface area contributed by atoms with Crippen LogP contribution in [-0.2, 0) is 0 Å². The van der Waals surface area contributed by atoms with Crippen molar-refractivity contribution in [3.05, 3.63) is 71.3 Å². The quantitative estimate of drug-likeness (QED) is 0.880. The number of benzene rings is 2. The molecular weight excluding hydrogens is 236 g/mol. The third-order valence-corrected chi connectivity index (χ3v) is 3.02. The maximum absolute atomic E-state index is 12.2. The van der Waals surface area contributed by atoms with Crippen molar-refractivity contribution < 1.29 is 4.79 Å². The lowest BCUT2D eigenvalue weighted by Gasteiger charge is -2.17. The number of nitrogens with one attached hydrogen (secondary N) is 1. The molecule has 0 radical (unpaired) electrons. The average molecular weight is 254 g/mol.